The van der Waals surface area contributed by atoms with Crippen LogP contribution in [0.4, 0.5) is 0 Å². The molecule has 17 heavy (non-hydrogen) atoms. The van der Waals surface area contributed by atoms with Crippen molar-refractivity contribution < 1.29 is 5.11 Å². The highest BCUT2D eigenvalue weighted by Gasteiger charge is 2.10. The quantitative estimate of drug-likeness (QED) is 0.777. The van der Waals surface area contributed by atoms with Gasteiger partial charge in [-0.1, -0.05) is 6.07 Å². The zero-order valence-corrected chi connectivity index (χ0v) is 10.5. The van der Waals surface area contributed by atoms with Crippen LogP contribution in [0.2, 0.25) is 0 Å². The van der Waals surface area contributed by atoms with E-state index in [1.165, 1.54) is 5.56 Å². The number of aryl methyl sites for hydroxylation is 2. The van der Waals surface area contributed by atoms with Gasteiger partial charge in [0.05, 0.1) is 5.52 Å². The van der Waals surface area contributed by atoms with Crippen LogP contribution in [0.3, 0.4) is 0 Å². The lowest BCUT2D eigenvalue weighted by molar-refractivity contribution is 0.481. The fraction of sp³-hybridized carbons (Fsp3) is 0.429. The number of benzene rings is 1. The number of aromatic hydroxyl groups is 1. The molecule has 2 N–H and O–H groups in total. The predicted molar refractivity (Wildman–Crippen MR) is 71.5 cm³/mol. The van der Waals surface area contributed by atoms with E-state index in [9.17, 15) is 5.11 Å². The number of hydrogen-bond acceptors (Lipinski definition) is 2. The average molecular weight is 232 g/mol. The van der Waals surface area contributed by atoms with Crippen LogP contribution in [-0.4, -0.2) is 23.3 Å². The molecule has 0 unspecified atom stereocenters. The van der Waals surface area contributed by atoms with E-state index < -0.39 is 0 Å². The third-order valence-corrected chi connectivity index (χ3v) is 3.18. The SMILES string of the molecule is CCn1cc(CCCNC)c2c(O)cccc21. The molecule has 0 aliphatic carbocycles. The Morgan fingerprint density at radius 3 is 2.88 bits per heavy atom. The minimum absolute atomic E-state index is 0.397. The van der Waals surface area contributed by atoms with Crippen molar-refractivity contribution >= 4 is 10.9 Å². The van der Waals surface area contributed by atoms with Crippen LogP contribution in [0, 0.1) is 0 Å². The molecule has 0 saturated heterocycles. The van der Waals surface area contributed by atoms with Crippen LogP contribution in [0.15, 0.2) is 24.4 Å². The summed E-state index contributed by atoms with van der Waals surface area (Å²) in [7, 11) is 1.97. The fourth-order valence-electron chi connectivity index (χ4n) is 2.33. The lowest BCUT2D eigenvalue weighted by Crippen LogP contribution is -2.08. The summed E-state index contributed by atoms with van der Waals surface area (Å²) in [6, 6.07) is 5.74. The van der Waals surface area contributed by atoms with Crippen LogP contribution in [0.1, 0.15) is 18.9 Å². The van der Waals surface area contributed by atoms with E-state index in [1.807, 2.05) is 13.1 Å². The molecule has 92 valence electrons. The molecule has 0 spiro atoms. The number of fused-ring (bicyclic) bond motifs is 1. The van der Waals surface area contributed by atoms with Gasteiger partial charge < -0.3 is 15.0 Å². The van der Waals surface area contributed by atoms with E-state index in [0.717, 1.165) is 36.8 Å². The number of phenolic OH excluding ortho intramolecular Hbond substituents is 1. The zero-order chi connectivity index (χ0) is 12.3. The van der Waals surface area contributed by atoms with E-state index in [-0.39, 0.29) is 0 Å². The molecular weight excluding hydrogens is 212 g/mol. The smallest absolute Gasteiger partial charge is 0.125 e. The summed E-state index contributed by atoms with van der Waals surface area (Å²) in [5.41, 5.74) is 2.38. The van der Waals surface area contributed by atoms with Crippen molar-refractivity contribution in [2.45, 2.75) is 26.3 Å². The van der Waals surface area contributed by atoms with Crippen molar-refractivity contribution in [3.8, 4) is 5.75 Å². The molecule has 1 aromatic heterocycles. The average Bonchev–Trinajstić information content (AvgIpc) is 2.69. The summed E-state index contributed by atoms with van der Waals surface area (Å²) in [5.74, 6) is 0.397. The van der Waals surface area contributed by atoms with E-state index in [1.54, 1.807) is 6.07 Å². The molecule has 2 rings (SSSR count). The third kappa shape index (κ3) is 2.29. The highest BCUT2D eigenvalue weighted by molar-refractivity contribution is 5.89. The maximum Gasteiger partial charge on any atom is 0.125 e. The fourth-order valence-corrected chi connectivity index (χ4v) is 2.33. The van der Waals surface area contributed by atoms with Crippen molar-refractivity contribution in [1.82, 2.24) is 9.88 Å². The molecule has 0 aliphatic heterocycles. The number of aromatic nitrogens is 1. The van der Waals surface area contributed by atoms with Gasteiger partial charge in [0, 0.05) is 18.1 Å². The summed E-state index contributed by atoms with van der Waals surface area (Å²) in [4.78, 5) is 0. The number of rotatable bonds is 5. The molecule has 0 fully saturated rings. The lowest BCUT2D eigenvalue weighted by atomic mass is 10.1. The number of nitrogens with zero attached hydrogens (tertiary/aromatic N) is 1. The predicted octanol–water partition coefficient (Wildman–Crippen LogP) is 2.52. The lowest BCUT2D eigenvalue weighted by Gasteiger charge is -2.01. The first-order valence-corrected chi connectivity index (χ1v) is 6.22. The summed E-state index contributed by atoms with van der Waals surface area (Å²) in [5, 5.41) is 14.2. The van der Waals surface area contributed by atoms with Crippen LogP contribution in [-0.2, 0) is 13.0 Å². The Labute approximate surface area is 102 Å². The van der Waals surface area contributed by atoms with Gasteiger partial charge in [0.15, 0.2) is 0 Å². The van der Waals surface area contributed by atoms with E-state index in [2.05, 4.69) is 29.1 Å². The molecule has 0 atom stereocenters. The molecule has 2 aromatic rings. The Hall–Kier alpha value is -1.48. The molecule has 0 amide bonds. The van der Waals surface area contributed by atoms with Crippen LogP contribution < -0.4 is 5.32 Å². The van der Waals surface area contributed by atoms with Crippen LogP contribution in [0.5, 0.6) is 5.75 Å². The normalized spacial score (nSPS) is 11.2. The number of phenols is 1. The molecule has 3 nitrogen and oxygen atoms in total. The van der Waals surface area contributed by atoms with Gasteiger partial charge in [0.1, 0.15) is 5.75 Å². The summed E-state index contributed by atoms with van der Waals surface area (Å²) in [6.45, 7) is 4.07. The number of nitrogens with one attached hydrogen (secondary N) is 1. The largest absolute Gasteiger partial charge is 0.507 e. The second-order valence-corrected chi connectivity index (χ2v) is 4.32. The Morgan fingerprint density at radius 1 is 1.35 bits per heavy atom. The van der Waals surface area contributed by atoms with Gasteiger partial charge in [-0.3, -0.25) is 0 Å². The second kappa shape index (κ2) is 5.23. The minimum Gasteiger partial charge on any atom is -0.507 e. The highest BCUT2D eigenvalue weighted by Crippen LogP contribution is 2.30. The monoisotopic (exact) mass is 232 g/mol. The summed E-state index contributed by atoms with van der Waals surface area (Å²) < 4.78 is 2.20. The first-order valence-electron chi connectivity index (χ1n) is 6.22. The van der Waals surface area contributed by atoms with Crippen molar-refractivity contribution in [1.29, 1.82) is 0 Å². The standard InChI is InChI=1S/C14H20N2O/c1-3-16-10-11(6-5-9-15-2)14-12(16)7-4-8-13(14)17/h4,7-8,10,15,17H,3,5-6,9H2,1-2H3. The first-order chi connectivity index (χ1) is 8.27. The Kier molecular flexibility index (Phi) is 3.69. The first kappa shape index (κ1) is 12.0. The Bertz CT molecular complexity index is 502. The second-order valence-electron chi connectivity index (χ2n) is 4.32. The van der Waals surface area contributed by atoms with Crippen molar-refractivity contribution in [2.24, 2.45) is 0 Å². The molecule has 0 aliphatic rings. The van der Waals surface area contributed by atoms with Crippen LogP contribution >= 0.6 is 0 Å². The maximum atomic E-state index is 9.99. The molecule has 0 radical (unpaired) electrons. The van der Waals surface area contributed by atoms with Crippen LogP contribution in [0.25, 0.3) is 10.9 Å². The molecule has 3 heteroatoms. The van der Waals surface area contributed by atoms with Gasteiger partial charge >= 0.3 is 0 Å². The molecular formula is C14H20N2O. The molecule has 1 aromatic carbocycles. The zero-order valence-electron chi connectivity index (χ0n) is 10.5. The Balaban J connectivity index is 2.40. The Morgan fingerprint density at radius 2 is 2.18 bits per heavy atom. The summed E-state index contributed by atoms with van der Waals surface area (Å²) >= 11 is 0. The van der Waals surface area contributed by atoms with Gasteiger partial charge in [-0.05, 0) is 51.1 Å². The van der Waals surface area contributed by atoms with E-state index >= 15 is 0 Å². The maximum absolute atomic E-state index is 9.99. The number of hydrogen-bond donors (Lipinski definition) is 2. The topological polar surface area (TPSA) is 37.2 Å². The van der Waals surface area contributed by atoms with Crippen molar-refractivity contribution in [3.05, 3.63) is 30.0 Å². The van der Waals surface area contributed by atoms with E-state index in [4.69, 9.17) is 0 Å². The van der Waals surface area contributed by atoms with Gasteiger partial charge in [0.25, 0.3) is 0 Å². The molecule has 0 bridgehead atoms. The van der Waals surface area contributed by atoms with Gasteiger partial charge in [0.2, 0.25) is 0 Å². The minimum atomic E-state index is 0.397. The van der Waals surface area contributed by atoms with E-state index in [0.29, 0.717) is 5.75 Å². The summed E-state index contributed by atoms with van der Waals surface area (Å²) in [6.07, 6.45) is 4.26. The van der Waals surface area contributed by atoms with Gasteiger partial charge in [-0.25, -0.2) is 0 Å². The van der Waals surface area contributed by atoms with Gasteiger partial charge in [-0.2, -0.15) is 0 Å². The molecule has 0 saturated carbocycles. The third-order valence-electron chi connectivity index (χ3n) is 3.18. The van der Waals surface area contributed by atoms with Crippen molar-refractivity contribution in [2.75, 3.05) is 13.6 Å². The van der Waals surface area contributed by atoms with Crippen molar-refractivity contribution in [3.63, 3.8) is 0 Å². The molecule has 1 heterocycles. The highest BCUT2D eigenvalue weighted by atomic mass is 16.3. The van der Waals surface area contributed by atoms with Gasteiger partial charge in [-0.15, -0.1) is 0 Å².